The zero-order valence-corrected chi connectivity index (χ0v) is 14.3. The van der Waals surface area contributed by atoms with Crippen molar-refractivity contribution in [3.8, 4) is 0 Å². The Morgan fingerprint density at radius 2 is 2.07 bits per heavy atom. The third kappa shape index (κ3) is 2.51. The van der Waals surface area contributed by atoms with Crippen LogP contribution in [0.15, 0.2) is 53.6 Å². The molecule has 0 radical (unpaired) electrons. The summed E-state index contributed by atoms with van der Waals surface area (Å²) in [6, 6.07) is 10.2. The number of rotatable bonds is 1. The van der Waals surface area contributed by atoms with Gasteiger partial charge in [0, 0.05) is 41.8 Å². The van der Waals surface area contributed by atoms with Crippen LogP contribution in [0.25, 0.3) is 16.6 Å². The fourth-order valence-corrected chi connectivity index (χ4v) is 3.61. The number of benzene rings is 1. The highest BCUT2D eigenvalue weighted by molar-refractivity contribution is 5.98. The molecule has 27 heavy (non-hydrogen) atoms. The first-order chi connectivity index (χ1) is 13.1. The number of amides is 1. The number of nitrogens with zero attached hydrogens (tertiary/aromatic N) is 3. The Morgan fingerprint density at radius 3 is 2.96 bits per heavy atom. The van der Waals surface area contributed by atoms with Crippen molar-refractivity contribution < 1.29 is 9.18 Å². The zero-order valence-electron chi connectivity index (χ0n) is 14.3. The van der Waals surface area contributed by atoms with Gasteiger partial charge >= 0.3 is 0 Å². The second kappa shape index (κ2) is 5.77. The first-order valence-corrected chi connectivity index (χ1v) is 8.66. The van der Waals surface area contributed by atoms with Crippen LogP contribution in [0.3, 0.4) is 0 Å². The van der Waals surface area contributed by atoms with E-state index >= 15 is 0 Å². The number of hydrogen-bond donors (Lipinski definition) is 1. The van der Waals surface area contributed by atoms with Gasteiger partial charge in [-0.05, 0) is 36.4 Å². The molecule has 6 nitrogen and oxygen atoms in total. The molecule has 0 aliphatic carbocycles. The maximum atomic E-state index is 13.5. The summed E-state index contributed by atoms with van der Waals surface area (Å²) in [6.07, 6.45) is 3.45. The first kappa shape index (κ1) is 15.7. The number of halogens is 1. The second-order valence-electron chi connectivity index (χ2n) is 6.67. The number of H-pyrrole nitrogens is 1. The predicted octanol–water partition coefficient (Wildman–Crippen LogP) is 2.51. The molecule has 1 aromatic carbocycles. The van der Waals surface area contributed by atoms with Gasteiger partial charge in [-0.3, -0.25) is 14.0 Å². The van der Waals surface area contributed by atoms with Crippen molar-refractivity contribution in [1.82, 2.24) is 19.3 Å². The summed E-state index contributed by atoms with van der Waals surface area (Å²) in [5, 5.41) is 0.960. The van der Waals surface area contributed by atoms with Crippen LogP contribution in [0, 0.1) is 5.82 Å². The summed E-state index contributed by atoms with van der Waals surface area (Å²) in [6.45, 7) is 0.658. The van der Waals surface area contributed by atoms with Crippen molar-refractivity contribution in [2.45, 2.75) is 13.0 Å². The van der Waals surface area contributed by atoms with E-state index in [4.69, 9.17) is 0 Å². The summed E-state index contributed by atoms with van der Waals surface area (Å²) >= 11 is 0. The van der Waals surface area contributed by atoms with Gasteiger partial charge in [-0.2, -0.15) is 0 Å². The lowest BCUT2D eigenvalue weighted by molar-refractivity contribution is 0.0732. The van der Waals surface area contributed by atoms with E-state index < -0.39 is 5.82 Å². The lowest BCUT2D eigenvalue weighted by Crippen LogP contribution is -2.40. The molecule has 4 aromatic rings. The molecule has 3 aromatic heterocycles. The molecule has 4 heterocycles. The Balaban J connectivity index is 1.53. The van der Waals surface area contributed by atoms with Crippen LogP contribution in [0.4, 0.5) is 4.39 Å². The summed E-state index contributed by atoms with van der Waals surface area (Å²) < 4.78 is 14.7. The fourth-order valence-electron chi connectivity index (χ4n) is 3.61. The molecular formula is C20H15FN4O2. The van der Waals surface area contributed by atoms with Gasteiger partial charge in [-0.15, -0.1) is 0 Å². The van der Waals surface area contributed by atoms with E-state index in [1.807, 2.05) is 24.4 Å². The van der Waals surface area contributed by atoms with Gasteiger partial charge in [0.15, 0.2) is 0 Å². The van der Waals surface area contributed by atoms with Crippen LogP contribution in [-0.4, -0.2) is 31.7 Å². The van der Waals surface area contributed by atoms with Crippen LogP contribution in [-0.2, 0) is 13.0 Å². The number of pyridine rings is 1. The van der Waals surface area contributed by atoms with Gasteiger partial charge in [-0.1, -0.05) is 0 Å². The Morgan fingerprint density at radius 1 is 1.19 bits per heavy atom. The molecule has 134 valence electrons. The monoisotopic (exact) mass is 362 g/mol. The SMILES string of the molecule is O=C(c1ccc2[nH]ccc2c1)N1CCc2nc3ccc(F)cn3c(=O)c2C1. The van der Waals surface area contributed by atoms with E-state index in [1.54, 1.807) is 11.0 Å². The van der Waals surface area contributed by atoms with E-state index in [1.165, 1.54) is 16.5 Å². The molecular weight excluding hydrogens is 347 g/mol. The fraction of sp³-hybridized carbons (Fsp3) is 0.150. The van der Waals surface area contributed by atoms with Crippen molar-refractivity contribution >= 4 is 22.5 Å². The third-order valence-electron chi connectivity index (χ3n) is 5.02. The average Bonchev–Trinajstić information content (AvgIpc) is 3.16. The maximum Gasteiger partial charge on any atom is 0.263 e. The molecule has 1 amide bonds. The molecule has 0 unspecified atom stereocenters. The third-order valence-corrected chi connectivity index (χ3v) is 5.02. The Bertz CT molecular complexity index is 1270. The number of nitrogens with one attached hydrogen (secondary N) is 1. The van der Waals surface area contributed by atoms with Crippen molar-refractivity contribution in [3.63, 3.8) is 0 Å². The summed E-state index contributed by atoms with van der Waals surface area (Å²) in [4.78, 5) is 34.9. The minimum atomic E-state index is -0.505. The first-order valence-electron chi connectivity index (χ1n) is 8.66. The minimum absolute atomic E-state index is 0.132. The molecule has 0 fully saturated rings. The number of hydrogen-bond acceptors (Lipinski definition) is 3. The molecule has 1 aliphatic heterocycles. The number of carbonyl (C=O) groups is 1. The highest BCUT2D eigenvalue weighted by Gasteiger charge is 2.26. The number of fused-ring (bicyclic) bond motifs is 3. The van der Waals surface area contributed by atoms with Crippen LogP contribution in [0.2, 0.25) is 0 Å². The summed E-state index contributed by atoms with van der Waals surface area (Å²) in [5.74, 6) is -0.637. The van der Waals surface area contributed by atoms with Crippen LogP contribution >= 0.6 is 0 Å². The smallest absolute Gasteiger partial charge is 0.263 e. The number of aromatic nitrogens is 3. The Hall–Kier alpha value is -3.48. The summed E-state index contributed by atoms with van der Waals surface area (Å²) in [5.41, 5.74) is 2.75. The van der Waals surface area contributed by atoms with Crippen LogP contribution < -0.4 is 5.56 Å². The Kier molecular flexibility index (Phi) is 3.36. The van der Waals surface area contributed by atoms with Crippen LogP contribution in [0.1, 0.15) is 21.6 Å². The number of aromatic amines is 1. The highest BCUT2D eigenvalue weighted by Crippen LogP contribution is 2.20. The van der Waals surface area contributed by atoms with Crippen LogP contribution in [0.5, 0.6) is 0 Å². The quantitative estimate of drug-likeness (QED) is 0.566. The number of carbonyl (C=O) groups excluding carboxylic acids is 1. The molecule has 0 spiro atoms. The van der Waals surface area contributed by atoms with Gasteiger partial charge in [-0.25, -0.2) is 9.37 Å². The standard InChI is InChI=1S/C20H15FN4O2/c21-14-2-4-18-23-17-6-8-24(11-15(17)20(27)25(18)10-14)19(26)13-1-3-16-12(9-13)5-7-22-16/h1-5,7,9-10,22H,6,8,11H2. The van der Waals surface area contributed by atoms with Crippen molar-refractivity contribution in [1.29, 1.82) is 0 Å². The predicted molar refractivity (Wildman–Crippen MR) is 98.2 cm³/mol. The maximum absolute atomic E-state index is 13.5. The van der Waals surface area contributed by atoms with Gasteiger partial charge in [0.2, 0.25) is 0 Å². The lowest BCUT2D eigenvalue weighted by atomic mass is 10.0. The molecule has 5 rings (SSSR count). The average molecular weight is 362 g/mol. The van der Waals surface area contributed by atoms with E-state index in [0.717, 1.165) is 17.1 Å². The minimum Gasteiger partial charge on any atom is -0.361 e. The van der Waals surface area contributed by atoms with E-state index in [-0.39, 0.29) is 18.0 Å². The normalized spacial score (nSPS) is 13.9. The topological polar surface area (TPSA) is 70.5 Å². The summed E-state index contributed by atoms with van der Waals surface area (Å²) in [7, 11) is 0. The molecule has 1 N–H and O–H groups in total. The van der Waals surface area contributed by atoms with Gasteiger partial charge in [0.05, 0.1) is 17.8 Å². The molecule has 0 bridgehead atoms. The van der Waals surface area contributed by atoms with Gasteiger partial charge in [0.25, 0.3) is 11.5 Å². The van der Waals surface area contributed by atoms with E-state index in [9.17, 15) is 14.0 Å². The largest absolute Gasteiger partial charge is 0.361 e. The van der Waals surface area contributed by atoms with Crippen molar-refractivity contribution in [2.75, 3.05) is 6.54 Å². The molecule has 0 saturated heterocycles. The molecule has 7 heteroatoms. The van der Waals surface area contributed by atoms with E-state index in [0.29, 0.717) is 35.4 Å². The highest BCUT2D eigenvalue weighted by atomic mass is 19.1. The molecule has 1 aliphatic rings. The second-order valence-corrected chi connectivity index (χ2v) is 6.67. The van der Waals surface area contributed by atoms with Crippen molar-refractivity contribution in [2.24, 2.45) is 0 Å². The molecule has 0 saturated carbocycles. The van der Waals surface area contributed by atoms with Crippen molar-refractivity contribution in [3.05, 3.63) is 81.8 Å². The van der Waals surface area contributed by atoms with E-state index in [2.05, 4.69) is 9.97 Å². The van der Waals surface area contributed by atoms with Gasteiger partial charge < -0.3 is 9.88 Å². The Labute approximate surface area is 152 Å². The lowest BCUT2D eigenvalue weighted by Gasteiger charge is -2.28. The van der Waals surface area contributed by atoms with Gasteiger partial charge in [0.1, 0.15) is 11.5 Å². The molecule has 0 atom stereocenters. The zero-order chi connectivity index (χ0) is 18.5.